The van der Waals surface area contributed by atoms with Gasteiger partial charge >= 0.3 is 18.2 Å². The largest absolute Gasteiger partial charge is 0.458 e. The topological polar surface area (TPSA) is 215 Å². The van der Waals surface area contributed by atoms with Crippen LogP contribution in [-0.2, 0) is 42.7 Å². The first kappa shape index (κ1) is 45.1. The molecule has 0 saturated carbocycles. The minimum absolute atomic E-state index is 0.110. The Labute approximate surface area is 325 Å². The number of hydrogen-bond acceptors (Lipinski definition) is 14. The van der Waals surface area contributed by atoms with Gasteiger partial charge < -0.3 is 59.3 Å². The zero-order valence-corrected chi connectivity index (χ0v) is 34.9. The molecule has 55 heavy (non-hydrogen) atoms. The van der Waals surface area contributed by atoms with Crippen molar-refractivity contribution in [3.63, 3.8) is 0 Å². The molecule has 4 aliphatic rings. The minimum atomic E-state index is -1.69. The molecule has 4 fully saturated rings. The van der Waals surface area contributed by atoms with Gasteiger partial charge in [0.2, 0.25) is 0 Å². The maximum atomic E-state index is 14.4. The van der Waals surface area contributed by atoms with E-state index in [1.54, 1.807) is 55.4 Å². The number of likely N-dealkylation sites (N-methyl/N-ethyl adjacent to an activating group) is 1. The number of carbonyl (C=O) groups is 4. The number of aliphatic hydroxyl groups is 2. The highest BCUT2D eigenvalue weighted by Gasteiger charge is 2.58. The van der Waals surface area contributed by atoms with E-state index in [-0.39, 0.29) is 37.2 Å². The Morgan fingerprint density at radius 1 is 0.964 bits per heavy atom. The van der Waals surface area contributed by atoms with Crippen LogP contribution in [0.25, 0.3) is 0 Å². The van der Waals surface area contributed by atoms with Gasteiger partial charge in [-0.1, -0.05) is 41.5 Å². The molecule has 16 heteroatoms. The first-order chi connectivity index (χ1) is 25.4. The third-order valence-corrected chi connectivity index (χ3v) is 12.6. The fourth-order valence-corrected chi connectivity index (χ4v) is 9.50. The number of carbonyl (C=O) groups excluding carboxylic acids is 4. The summed E-state index contributed by atoms with van der Waals surface area (Å²) < 4.78 is 43.9. The van der Waals surface area contributed by atoms with E-state index in [0.29, 0.717) is 6.42 Å². The zero-order chi connectivity index (χ0) is 41.5. The van der Waals surface area contributed by atoms with Crippen LogP contribution in [0.2, 0.25) is 0 Å². The molecule has 1 unspecified atom stereocenters. The van der Waals surface area contributed by atoms with Crippen molar-refractivity contribution < 1.29 is 62.5 Å². The van der Waals surface area contributed by atoms with Gasteiger partial charge in [0.1, 0.15) is 29.7 Å². The van der Waals surface area contributed by atoms with E-state index >= 15 is 0 Å². The predicted octanol–water partition coefficient (Wildman–Crippen LogP) is 3.26. The lowest BCUT2D eigenvalue weighted by atomic mass is 9.73. The molecule has 316 valence electrons. The number of alkyl carbamates (subject to hydrolysis) is 1. The molecule has 4 aliphatic heterocycles. The van der Waals surface area contributed by atoms with Gasteiger partial charge in [0.15, 0.2) is 18.2 Å². The van der Waals surface area contributed by atoms with Crippen molar-refractivity contribution in [2.75, 3.05) is 14.1 Å². The van der Waals surface area contributed by atoms with E-state index in [0.717, 1.165) is 0 Å². The van der Waals surface area contributed by atoms with Gasteiger partial charge in [-0.05, 0) is 73.4 Å². The summed E-state index contributed by atoms with van der Waals surface area (Å²) in [4.78, 5) is 56.3. The number of rotatable bonds is 7. The number of ketones is 1. The van der Waals surface area contributed by atoms with Crippen molar-refractivity contribution in [2.24, 2.45) is 34.8 Å². The number of fused-ring (bicyclic) bond motifs is 1. The van der Waals surface area contributed by atoms with E-state index in [1.807, 2.05) is 39.8 Å². The summed E-state index contributed by atoms with van der Waals surface area (Å²) in [5.74, 6) is -4.53. The Kier molecular flexibility index (Phi) is 14.0. The molecule has 2 amide bonds. The highest BCUT2D eigenvalue weighted by molar-refractivity contribution is 5.85. The van der Waals surface area contributed by atoms with Gasteiger partial charge in [-0.25, -0.2) is 9.59 Å². The number of hydrogen-bond donors (Lipinski definition) is 4. The Bertz CT molecular complexity index is 1400. The molecule has 16 nitrogen and oxygen atoms in total. The van der Waals surface area contributed by atoms with Crippen molar-refractivity contribution in [3.8, 4) is 0 Å². The van der Waals surface area contributed by atoms with Crippen LogP contribution in [0.1, 0.15) is 102 Å². The standard InChI is InChI=1S/C39H67N3O13/c1-14-25-39(11)30(41-36(48)55-39)20(4)27(43)18(2)16-38(10,54-35(40)47)32(53-34-28(44)24(42(12)13)15-19(3)49-34)21(5)29(22(6)33(46)51-25)52-26-17-37(8,9)31(45)23(7)50-26/h18-26,28-32,34,44-45H,14-17H2,1-13H3,(H2,40,47)(H,41,48)/t18-,19-,20?,21+,22-,23+,24+,25-,26+,28-,29+,30-,31+,32-,34+,38-,39-/m1/s1. The summed E-state index contributed by atoms with van der Waals surface area (Å²) in [5, 5.41) is 25.3. The number of nitrogens with zero attached hydrogens (tertiary/aromatic N) is 1. The van der Waals surface area contributed by atoms with Crippen LogP contribution < -0.4 is 11.1 Å². The van der Waals surface area contributed by atoms with Crippen LogP contribution in [0.5, 0.6) is 0 Å². The molecule has 0 aromatic heterocycles. The molecule has 4 heterocycles. The molecular weight excluding hydrogens is 718 g/mol. The number of nitrogens with two attached hydrogens (primary N) is 1. The van der Waals surface area contributed by atoms with Gasteiger partial charge in [0.25, 0.3) is 0 Å². The lowest BCUT2D eigenvalue weighted by Gasteiger charge is -2.49. The summed E-state index contributed by atoms with van der Waals surface area (Å²) in [5.41, 5.74) is 2.02. The molecule has 17 atom stereocenters. The Morgan fingerprint density at radius 3 is 2.16 bits per heavy atom. The molecule has 4 saturated heterocycles. The molecule has 0 aliphatic carbocycles. The summed E-state index contributed by atoms with van der Waals surface area (Å²) >= 11 is 0. The third-order valence-electron chi connectivity index (χ3n) is 12.6. The van der Waals surface area contributed by atoms with Gasteiger partial charge in [-0.2, -0.15) is 0 Å². The number of Topliss-reactive ketones (excluding diaryl/α,β-unsaturated/α-hetero) is 1. The summed E-state index contributed by atoms with van der Waals surface area (Å²) in [6.45, 7) is 19.2. The third kappa shape index (κ3) is 9.42. The summed E-state index contributed by atoms with van der Waals surface area (Å²) in [6, 6.07) is -1.24. The van der Waals surface area contributed by atoms with Crippen LogP contribution in [0, 0.1) is 29.1 Å². The number of esters is 1. The fraction of sp³-hybridized carbons (Fsp3) is 0.897. The van der Waals surface area contributed by atoms with Crippen molar-refractivity contribution in [1.29, 1.82) is 0 Å². The van der Waals surface area contributed by atoms with Crippen molar-refractivity contribution in [2.45, 2.75) is 180 Å². The monoisotopic (exact) mass is 785 g/mol. The van der Waals surface area contributed by atoms with Crippen LogP contribution in [0.4, 0.5) is 9.59 Å². The van der Waals surface area contributed by atoms with Crippen LogP contribution in [0.3, 0.4) is 0 Å². The first-order valence-corrected chi connectivity index (χ1v) is 19.7. The van der Waals surface area contributed by atoms with Gasteiger partial charge in [-0.15, -0.1) is 0 Å². The molecule has 4 rings (SSSR count). The first-order valence-electron chi connectivity index (χ1n) is 19.7. The highest BCUT2D eigenvalue weighted by atomic mass is 16.7. The second kappa shape index (κ2) is 17.1. The Balaban J connectivity index is 1.91. The number of amides is 2. The van der Waals surface area contributed by atoms with Crippen molar-refractivity contribution in [1.82, 2.24) is 10.2 Å². The molecule has 0 bridgehead atoms. The molecule has 0 spiro atoms. The van der Waals surface area contributed by atoms with Crippen LogP contribution >= 0.6 is 0 Å². The predicted molar refractivity (Wildman–Crippen MR) is 198 cm³/mol. The molecule has 0 aromatic carbocycles. The molecule has 0 aromatic rings. The minimum Gasteiger partial charge on any atom is -0.458 e. The van der Waals surface area contributed by atoms with Gasteiger partial charge in [0, 0.05) is 30.2 Å². The number of nitrogens with one attached hydrogen (secondary N) is 1. The molecule has 5 N–H and O–H groups in total. The Morgan fingerprint density at radius 2 is 1.60 bits per heavy atom. The second-order valence-electron chi connectivity index (χ2n) is 17.8. The smallest absolute Gasteiger partial charge is 0.408 e. The highest BCUT2D eigenvalue weighted by Crippen LogP contribution is 2.43. The number of primary amides is 1. The normalized spacial score (nSPS) is 45.8. The number of ether oxygens (including phenoxy) is 7. The lowest BCUT2D eigenvalue weighted by molar-refractivity contribution is -0.311. The van der Waals surface area contributed by atoms with E-state index in [4.69, 9.17) is 38.9 Å². The van der Waals surface area contributed by atoms with E-state index in [9.17, 15) is 29.4 Å². The van der Waals surface area contributed by atoms with Crippen LogP contribution in [0.15, 0.2) is 0 Å². The number of cyclic esters (lactones) is 1. The van der Waals surface area contributed by atoms with Gasteiger partial charge in [-0.3, -0.25) is 9.59 Å². The van der Waals surface area contributed by atoms with E-state index in [2.05, 4.69) is 5.32 Å². The fourth-order valence-electron chi connectivity index (χ4n) is 9.50. The molecule has 0 radical (unpaired) electrons. The Hall–Kier alpha value is -2.60. The van der Waals surface area contributed by atoms with Crippen molar-refractivity contribution >= 4 is 23.9 Å². The average Bonchev–Trinajstić information content (AvgIpc) is 3.39. The second-order valence-corrected chi connectivity index (χ2v) is 17.8. The van der Waals surface area contributed by atoms with Gasteiger partial charge in [0.05, 0.1) is 36.4 Å². The van der Waals surface area contributed by atoms with Crippen LogP contribution in [-0.4, -0.2) is 132 Å². The quantitative estimate of drug-likeness (QED) is 0.216. The summed E-state index contributed by atoms with van der Waals surface area (Å²) in [7, 11) is 3.68. The van der Waals surface area contributed by atoms with E-state index < -0.39 is 114 Å². The maximum absolute atomic E-state index is 14.4. The number of aliphatic hydroxyl groups excluding tert-OH is 2. The zero-order valence-electron chi connectivity index (χ0n) is 34.9. The maximum Gasteiger partial charge on any atom is 0.408 e. The lowest BCUT2D eigenvalue weighted by Crippen LogP contribution is -2.61. The SMILES string of the molecule is CC[C@H]1OC(=O)[C@H](C)[C@@H](O[C@H]2CC(C)(C)[C@@H](O)[C@H](C)O2)[C@H](C)[C@@H](O[C@@H]2O[C@H](C)C[C@H](N(C)C)[C@H]2O)[C@](C)(OC(N)=O)C[C@@H](C)C(=O)C(C)[C@H]2NC(=O)O[C@@]21C. The average molecular weight is 786 g/mol. The van der Waals surface area contributed by atoms with E-state index in [1.165, 1.54) is 0 Å². The molecular formula is C39H67N3O13. The van der Waals surface area contributed by atoms with Crippen molar-refractivity contribution in [3.05, 3.63) is 0 Å². The summed E-state index contributed by atoms with van der Waals surface area (Å²) in [6.07, 6.45) is -9.26.